The number of halogens is 1. The van der Waals surface area contributed by atoms with E-state index >= 15 is 0 Å². The number of nitrogens with zero attached hydrogens (tertiary/aromatic N) is 3. The highest BCUT2D eigenvalue weighted by Gasteiger charge is 2.26. The lowest BCUT2D eigenvalue weighted by Crippen LogP contribution is -2.35. The molecule has 0 saturated carbocycles. The zero-order valence-electron chi connectivity index (χ0n) is 8.37. The van der Waals surface area contributed by atoms with Gasteiger partial charge in [0.1, 0.15) is 11.7 Å². The first-order valence-electron chi connectivity index (χ1n) is 4.93. The topological polar surface area (TPSA) is 28.0 Å². The van der Waals surface area contributed by atoms with E-state index in [1.54, 1.807) is 0 Å². The van der Waals surface area contributed by atoms with E-state index in [2.05, 4.69) is 55.7 Å². The Labute approximate surface area is 102 Å². The molecule has 0 fully saturated rings. The molecule has 76 valence electrons. The summed E-state index contributed by atoms with van der Waals surface area (Å²) in [6.45, 7) is 3.89. The van der Waals surface area contributed by atoms with Crippen molar-refractivity contribution in [1.82, 2.24) is 4.90 Å². The van der Waals surface area contributed by atoms with E-state index in [1.807, 2.05) is 6.92 Å². The second kappa shape index (κ2) is 3.30. The van der Waals surface area contributed by atoms with Crippen LogP contribution in [0.2, 0.25) is 0 Å². The summed E-state index contributed by atoms with van der Waals surface area (Å²) in [5.74, 6) is 2.15. The molecule has 2 aliphatic heterocycles. The lowest BCUT2D eigenvalue weighted by Gasteiger charge is -2.25. The first-order chi connectivity index (χ1) is 7.25. The highest BCUT2D eigenvalue weighted by atomic mass is 127. The molecule has 0 unspecified atom stereocenters. The van der Waals surface area contributed by atoms with Gasteiger partial charge in [0, 0.05) is 15.7 Å². The maximum absolute atomic E-state index is 4.59. The third-order valence-corrected chi connectivity index (χ3v) is 3.38. The SMILES string of the molecule is CC1=Nc2ccc(I)cc2C2=NCCN12. The maximum atomic E-state index is 4.59. The first kappa shape index (κ1) is 9.33. The van der Waals surface area contributed by atoms with Gasteiger partial charge in [-0.2, -0.15) is 0 Å². The van der Waals surface area contributed by atoms with E-state index < -0.39 is 0 Å². The monoisotopic (exact) mass is 311 g/mol. The van der Waals surface area contributed by atoms with Gasteiger partial charge in [-0.1, -0.05) is 0 Å². The molecule has 3 rings (SSSR count). The van der Waals surface area contributed by atoms with Crippen molar-refractivity contribution >= 4 is 39.9 Å². The summed E-state index contributed by atoms with van der Waals surface area (Å²) in [4.78, 5) is 11.3. The molecule has 0 atom stereocenters. The highest BCUT2D eigenvalue weighted by molar-refractivity contribution is 14.1. The fourth-order valence-electron chi connectivity index (χ4n) is 2.01. The van der Waals surface area contributed by atoms with E-state index in [1.165, 1.54) is 9.13 Å². The summed E-state index contributed by atoms with van der Waals surface area (Å²) in [5.41, 5.74) is 2.22. The molecule has 2 heterocycles. The van der Waals surface area contributed by atoms with Crippen LogP contribution in [0.5, 0.6) is 0 Å². The van der Waals surface area contributed by atoms with Crippen molar-refractivity contribution < 1.29 is 0 Å². The molecule has 1 aromatic rings. The molecule has 0 amide bonds. The van der Waals surface area contributed by atoms with E-state index in [0.717, 1.165) is 30.4 Å². The number of amidine groups is 2. The van der Waals surface area contributed by atoms with E-state index in [0.29, 0.717) is 0 Å². The standard InChI is InChI=1S/C11H10IN3/c1-7-14-10-3-2-8(12)6-9(10)11-13-4-5-15(7)11/h2-3,6H,4-5H2,1H3. The fraction of sp³-hybridized carbons (Fsp3) is 0.273. The van der Waals surface area contributed by atoms with Crippen LogP contribution >= 0.6 is 22.6 Å². The second-order valence-corrected chi connectivity index (χ2v) is 4.92. The van der Waals surface area contributed by atoms with Gasteiger partial charge in [0.15, 0.2) is 0 Å². The van der Waals surface area contributed by atoms with Crippen LogP contribution in [0.15, 0.2) is 28.2 Å². The van der Waals surface area contributed by atoms with Crippen molar-refractivity contribution in [2.45, 2.75) is 6.92 Å². The minimum Gasteiger partial charge on any atom is -0.313 e. The molecule has 2 aliphatic rings. The molecular formula is C11H10IN3. The minimum absolute atomic E-state index is 0.882. The summed E-state index contributed by atoms with van der Waals surface area (Å²) in [7, 11) is 0. The van der Waals surface area contributed by atoms with E-state index in [4.69, 9.17) is 0 Å². The molecule has 3 nitrogen and oxygen atoms in total. The summed E-state index contributed by atoms with van der Waals surface area (Å²) in [5, 5.41) is 0. The number of hydrogen-bond donors (Lipinski definition) is 0. The van der Waals surface area contributed by atoms with Crippen LogP contribution in [-0.4, -0.2) is 29.7 Å². The van der Waals surface area contributed by atoms with Gasteiger partial charge in [-0.3, -0.25) is 4.99 Å². The number of benzene rings is 1. The smallest absolute Gasteiger partial charge is 0.138 e. The molecule has 0 saturated heterocycles. The zero-order chi connectivity index (χ0) is 10.4. The van der Waals surface area contributed by atoms with Crippen LogP contribution in [0.1, 0.15) is 12.5 Å². The number of rotatable bonds is 0. The molecule has 1 aromatic carbocycles. The highest BCUT2D eigenvalue weighted by Crippen LogP contribution is 2.29. The van der Waals surface area contributed by atoms with Crippen LogP contribution < -0.4 is 0 Å². The van der Waals surface area contributed by atoms with Gasteiger partial charge in [0.05, 0.1) is 12.2 Å². The van der Waals surface area contributed by atoms with Crippen molar-refractivity contribution in [2.75, 3.05) is 13.1 Å². The number of aliphatic imine (C=N–C) groups is 2. The van der Waals surface area contributed by atoms with Gasteiger partial charge in [-0.15, -0.1) is 0 Å². The molecule has 0 aliphatic carbocycles. The van der Waals surface area contributed by atoms with Crippen molar-refractivity contribution in [3.8, 4) is 0 Å². The van der Waals surface area contributed by atoms with E-state index in [-0.39, 0.29) is 0 Å². The molecule has 4 heteroatoms. The predicted octanol–water partition coefficient (Wildman–Crippen LogP) is 2.42. The lowest BCUT2D eigenvalue weighted by atomic mass is 10.1. The van der Waals surface area contributed by atoms with Gasteiger partial charge < -0.3 is 4.90 Å². The summed E-state index contributed by atoms with van der Waals surface area (Å²) < 4.78 is 1.23. The van der Waals surface area contributed by atoms with Gasteiger partial charge in [0.2, 0.25) is 0 Å². The average molecular weight is 311 g/mol. The molecule has 0 bridgehead atoms. The Balaban J connectivity index is 2.25. The summed E-state index contributed by atoms with van der Waals surface area (Å²) in [6.07, 6.45) is 0. The van der Waals surface area contributed by atoms with E-state index in [9.17, 15) is 0 Å². The minimum atomic E-state index is 0.882. The molecule has 0 N–H and O–H groups in total. The lowest BCUT2D eigenvalue weighted by molar-refractivity contribution is 0.657. The summed E-state index contributed by atoms with van der Waals surface area (Å²) >= 11 is 2.32. The summed E-state index contributed by atoms with van der Waals surface area (Å²) in [6, 6.07) is 6.31. The fourth-order valence-corrected chi connectivity index (χ4v) is 2.50. The van der Waals surface area contributed by atoms with Crippen LogP contribution in [0.3, 0.4) is 0 Å². The third kappa shape index (κ3) is 1.39. The molecule has 0 spiro atoms. The Morgan fingerprint density at radius 2 is 2.27 bits per heavy atom. The molecule has 15 heavy (non-hydrogen) atoms. The first-order valence-corrected chi connectivity index (χ1v) is 6.01. The predicted molar refractivity (Wildman–Crippen MR) is 70.0 cm³/mol. The van der Waals surface area contributed by atoms with Gasteiger partial charge in [-0.05, 0) is 47.7 Å². The third-order valence-electron chi connectivity index (χ3n) is 2.71. The van der Waals surface area contributed by atoms with Crippen LogP contribution in [0.4, 0.5) is 5.69 Å². The maximum Gasteiger partial charge on any atom is 0.138 e. The van der Waals surface area contributed by atoms with Gasteiger partial charge >= 0.3 is 0 Å². The van der Waals surface area contributed by atoms with Crippen LogP contribution in [-0.2, 0) is 0 Å². The van der Waals surface area contributed by atoms with Crippen molar-refractivity contribution in [3.05, 3.63) is 27.3 Å². The zero-order valence-corrected chi connectivity index (χ0v) is 10.5. The Hall–Kier alpha value is -0.910. The molecular weight excluding hydrogens is 301 g/mol. The Bertz CT molecular complexity index is 491. The van der Waals surface area contributed by atoms with Crippen LogP contribution in [0.25, 0.3) is 0 Å². The second-order valence-electron chi connectivity index (χ2n) is 3.68. The Morgan fingerprint density at radius 1 is 1.40 bits per heavy atom. The Morgan fingerprint density at radius 3 is 3.13 bits per heavy atom. The largest absolute Gasteiger partial charge is 0.313 e. The van der Waals surface area contributed by atoms with Crippen LogP contribution in [0, 0.1) is 3.57 Å². The van der Waals surface area contributed by atoms with Crippen molar-refractivity contribution in [1.29, 1.82) is 0 Å². The Kier molecular flexibility index (Phi) is 2.05. The molecule has 0 aromatic heterocycles. The quantitative estimate of drug-likeness (QED) is 0.676. The number of hydrogen-bond acceptors (Lipinski definition) is 3. The van der Waals surface area contributed by atoms with Crippen molar-refractivity contribution in [2.24, 2.45) is 9.98 Å². The van der Waals surface area contributed by atoms with Crippen molar-refractivity contribution in [3.63, 3.8) is 0 Å². The normalized spacial score (nSPS) is 18.1. The van der Waals surface area contributed by atoms with Gasteiger partial charge in [-0.25, -0.2) is 4.99 Å². The number of fused-ring (bicyclic) bond motifs is 3. The molecule has 0 radical (unpaired) electrons. The average Bonchev–Trinajstić information content (AvgIpc) is 2.69. The van der Waals surface area contributed by atoms with Gasteiger partial charge in [0.25, 0.3) is 0 Å².